The van der Waals surface area contributed by atoms with Gasteiger partial charge in [0.05, 0.1) is 17.4 Å². The van der Waals surface area contributed by atoms with Gasteiger partial charge in [0.25, 0.3) is 0 Å². The summed E-state index contributed by atoms with van der Waals surface area (Å²) in [7, 11) is -0.377. The monoisotopic (exact) mass is 247 g/mol. The molecule has 1 aromatic heterocycles. The summed E-state index contributed by atoms with van der Waals surface area (Å²) in [6.45, 7) is 8.04. The number of nitrogens with zero attached hydrogens (tertiary/aromatic N) is 1. The Labute approximate surface area is 108 Å². The molecule has 1 aliphatic heterocycles. The second-order valence-electron chi connectivity index (χ2n) is 5.46. The van der Waals surface area contributed by atoms with Gasteiger partial charge in [0.1, 0.15) is 5.75 Å². The molecule has 0 atom stereocenters. The zero-order valence-electron chi connectivity index (χ0n) is 11.2. The first-order chi connectivity index (χ1) is 8.30. The molecule has 0 unspecified atom stereocenters. The quantitative estimate of drug-likeness (QED) is 0.815. The molecule has 0 aliphatic carbocycles. The van der Waals surface area contributed by atoms with E-state index in [4.69, 9.17) is 9.31 Å². The fourth-order valence-corrected chi connectivity index (χ4v) is 1.69. The lowest BCUT2D eigenvalue weighted by atomic mass is 9.89. The van der Waals surface area contributed by atoms with Gasteiger partial charge in [0, 0.05) is 6.20 Å². The first-order valence-electron chi connectivity index (χ1n) is 5.98. The number of pyridine rings is 1. The van der Waals surface area contributed by atoms with Gasteiger partial charge in [-0.3, -0.25) is 4.98 Å². The summed E-state index contributed by atoms with van der Waals surface area (Å²) in [5, 5.41) is 9.31. The minimum Gasteiger partial charge on any atom is -0.506 e. The van der Waals surface area contributed by atoms with Crippen molar-refractivity contribution in [3.05, 3.63) is 30.0 Å². The molecule has 2 rings (SSSR count). The van der Waals surface area contributed by atoms with Gasteiger partial charge in [-0.15, -0.1) is 0 Å². The van der Waals surface area contributed by atoms with Crippen LogP contribution >= 0.6 is 0 Å². The van der Waals surface area contributed by atoms with E-state index in [1.54, 1.807) is 12.3 Å². The molecule has 0 radical (unpaired) electrons. The van der Waals surface area contributed by atoms with Crippen LogP contribution in [0.15, 0.2) is 24.4 Å². The van der Waals surface area contributed by atoms with Crippen LogP contribution in [0.2, 0.25) is 0 Å². The highest BCUT2D eigenvalue weighted by atomic mass is 16.7. The minimum absolute atomic E-state index is 0.145. The largest absolute Gasteiger partial charge is 0.506 e. The molecule has 0 aromatic carbocycles. The molecule has 0 bridgehead atoms. The van der Waals surface area contributed by atoms with E-state index in [0.717, 1.165) is 5.56 Å². The summed E-state index contributed by atoms with van der Waals surface area (Å²) in [6.07, 6.45) is 4.89. The molecule has 0 spiro atoms. The molecular weight excluding hydrogens is 229 g/mol. The van der Waals surface area contributed by atoms with Crippen LogP contribution in [-0.4, -0.2) is 28.4 Å². The van der Waals surface area contributed by atoms with Crippen LogP contribution in [0.3, 0.4) is 0 Å². The molecule has 2 heterocycles. The fraction of sp³-hybridized carbons (Fsp3) is 0.462. The lowest BCUT2D eigenvalue weighted by Crippen LogP contribution is -2.41. The second-order valence-corrected chi connectivity index (χ2v) is 5.46. The molecule has 4 nitrogen and oxygen atoms in total. The molecule has 1 aliphatic rings. The Hall–Kier alpha value is -1.33. The standard InChI is InChI=1S/C13H18BNO3/c1-12(2)13(3,4)18-14(17-12)6-5-10-7-11(16)9-15-8-10/h5-9,16H,1-4H3/b6-5+. The lowest BCUT2D eigenvalue weighted by molar-refractivity contribution is 0.00578. The number of hydrogen-bond acceptors (Lipinski definition) is 4. The van der Waals surface area contributed by atoms with Crippen LogP contribution < -0.4 is 0 Å². The highest BCUT2D eigenvalue weighted by Crippen LogP contribution is 2.37. The van der Waals surface area contributed by atoms with Crippen LogP contribution in [0.5, 0.6) is 5.75 Å². The topological polar surface area (TPSA) is 51.6 Å². The normalized spacial score (nSPS) is 21.7. The van der Waals surface area contributed by atoms with Crippen molar-refractivity contribution in [3.63, 3.8) is 0 Å². The molecule has 5 heteroatoms. The highest BCUT2D eigenvalue weighted by Gasteiger charge is 2.49. The van der Waals surface area contributed by atoms with Crippen molar-refractivity contribution < 1.29 is 14.4 Å². The highest BCUT2D eigenvalue weighted by molar-refractivity contribution is 6.52. The zero-order chi connectivity index (χ0) is 13.4. The Morgan fingerprint density at radius 1 is 1.17 bits per heavy atom. The maximum absolute atomic E-state index is 9.31. The summed E-state index contributed by atoms with van der Waals surface area (Å²) in [5.41, 5.74) is 0.141. The van der Waals surface area contributed by atoms with Crippen molar-refractivity contribution in [1.82, 2.24) is 4.98 Å². The van der Waals surface area contributed by atoms with Gasteiger partial charge in [-0.1, -0.05) is 12.1 Å². The van der Waals surface area contributed by atoms with Gasteiger partial charge in [-0.05, 0) is 39.3 Å². The van der Waals surface area contributed by atoms with E-state index in [2.05, 4.69) is 4.98 Å². The number of hydrogen-bond donors (Lipinski definition) is 1. The van der Waals surface area contributed by atoms with E-state index in [-0.39, 0.29) is 24.1 Å². The van der Waals surface area contributed by atoms with E-state index >= 15 is 0 Å². The number of rotatable bonds is 2. The predicted molar refractivity (Wildman–Crippen MR) is 71.0 cm³/mol. The molecule has 1 fully saturated rings. The van der Waals surface area contributed by atoms with E-state index in [9.17, 15) is 5.11 Å². The Bertz CT molecular complexity index is 455. The van der Waals surface area contributed by atoms with Crippen LogP contribution in [-0.2, 0) is 9.31 Å². The zero-order valence-corrected chi connectivity index (χ0v) is 11.2. The molecule has 0 saturated carbocycles. The second kappa shape index (κ2) is 4.41. The Balaban J connectivity index is 2.08. The molecule has 0 amide bonds. The van der Waals surface area contributed by atoms with Crippen molar-refractivity contribution in [1.29, 1.82) is 0 Å². The van der Waals surface area contributed by atoms with Crippen molar-refractivity contribution in [3.8, 4) is 5.75 Å². The van der Waals surface area contributed by atoms with E-state index < -0.39 is 0 Å². The van der Waals surface area contributed by atoms with Crippen LogP contribution in [0.4, 0.5) is 0 Å². The van der Waals surface area contributed by atoms with Crippen LogP contribution in [0, 0.1) is 0 Å². The maximum atomic E-state index is 9.31. The van der Waals surface area contributed by atoms with E-state index in [1.807, 2.05) is 39.7 Å². The molecule has 18 heavy (non-hydrogen) atoms. The van der Waals surface area contributed by atoms with Crippen molar-refractivity contribution in [2.75, 3.05) is 0 Å². The molecular formula is C13H18BNO3. The summed E-state index contributed by atoms with van der Waals surface area (Å²) in [5.74, 6) is 1.97. The third-order valence-corrected chi connectivity index (χ3v) is 3.46. The maximum Gasteiger partial charge on any atom is 0.487 e. The average molecular weight is 247 g/mol. The first-order valence-corrected chi connectivity index (χ1v) is 5.98. The van der Waals surface area contributed by atoms with Gasteiger partial charge in [-0.2, -0.15) is 0 Å². The minimum atomic E-state index is -0.377. The Morgan fingerprint density at radius 2 is 1.78 bits per heavy atom. The lowest BCUT2D eigenvalue weighted by Gasteiger charge is -2.32. The molecule has 96 valence electrons. The van der Waals surface area contributed by atoms with E-state index in [0.29, 0.717) is 0 Å². The summed E-state index contributed by atoms with van der Waals surface area (Å²) < 4.78 is 11.6. The summed E-state index contributed by atoms with van der Waals surface area (Å²) in [6, 6.07) is 1.63. The van der Waals surface area contributed by atoms with E-state index in [1.165, 1.54) is 6.20 Å². The SMILES string of the molecule is CC1(C)OB(/C=C/c2cncc(O)c2)OC1(C)C. The van der Waals surface area contributed by atoms with Crippen molar-refractivity contribution in [2.24, 2.45) is 0 Å². The third kappa shape index (κ3) is 2.57. The number of aromatic hydroxyl groups is 1. The predicted octanol–water partition coefficient (Wildman–Crippen LogP) is 2.43. The first kappa shape index (κ1) is 13.1. The van der Waals surface area contributed by atoms with Gasteiger partial charge in [0.15, 0.2) is 0 Å². The molecule has 1 N–H and O–H groups in total. The molecule has 1 aromatic rings. The fourth-order valence-electron chi connectivity index (χ4n) is 1.69. The average Bonchev–Trinajstić information content (AvgIpc) is 2.45. The Kier molecular flexibility index (Phi) is 3.21. The Morgan fingerprint density at radius 3 is 2.33 bits per heavy atom. The molecule has 1 saturated heterocycles. The van der Waals surface area contributed by atoms with Gasteiger partial charge >= 0.3 is 7.12 Å². The van der Waals surface area contributed by atoms with Crippen molar-refractivity contribution >= 4 is 13.2 Å². The van der Waals surface area contributed by atoms with Crippen molar-refractivity contribution in [2.45, 2.75) is 38.9 Å². The number of aromatic nitrogens is 1. The van der Waals surface area contributed by atoms with Crippen LogP contribution in [0.25, 0.3) is 6.08 Å². The summed E-state index contributed by atoms with van der Waals surface area (Å²) >= 11 is 0. The van der Waals surface area contributed by atoms with Gasteiger partial charge in [0.2, 0.25) is 0 Å². The third-order valence-electron chi connectivity index (χ3n) is 3.46. The van der Waals surface area contributed by atoms with Gasteiger partial charge < -0.3 is 14.4 Å². The smallest absolute Gasteiger partial charge is 0.487 e. The van der Waals surface area contributed by atoms with Crippen LogP contribution in [0.1, 0.15) is 33.3 Å². The summed E-state index contributed by atoms with van der Waals surface area (Å²) in [4.78, 5) is 3.90. The van der Waals surface area contributed by atoms with Gasteiger partial charge in [-0.25, -0.2) is 0 Å².